The Hall–Kier alpha value is -1.92. The van der Waals surface area contributed by atoms with Crippen LogP contribution < -0.4 is 5.32 Å². The van der Waals surface area contributed by atoms with Gasteiger partial charge < -0.3 is 15.1 Å². The monoisotopic (exact) mass is 359 g/mol. The molecule has 1 heterocycles. The van der Waals surface area contributed by atoms with E-state index >= 15 is 0 Å². The van der Waals surface area contributed by atoms with Gasteiger partial charge in [0.25, 0.3) is 0 Å². The van der Waals surface area contributed by atoms with E-state index in [9.17, 15) is 0 Å². The average Bonchev–Trinajstić information content (AvgIpc) is 3.00. The minimum absolute atomic E-state index is 0.776. The SMILES string of the molecule is CN=C(NCCCN(C)Cc1ccccc1)N(C)Cc1csc(C)n1. The summed E-state index contributed by atoms with van der Waals surface area (Å²) in [6.07, 6.45) is 1.08. The maximum atomic E-state index is 4.51. The van der Waals surface area contributed by atoms with Gasteiger partial charge in [0.05, 0.1) is 17.2 Å². The molecule has 0 aliphatic carbocycles. The minimum Gasteiger partial charge on any atom is -0.356 e. The predicted molar refractivity (Wildman–Crippen MR) is 107 cm³/mol. The fourth-order valence-corrected chi connectivity index (χ4v) is 3.31. The summed E-state index contributed by atoms with van der Waals surface area (Å²) in [7, 11) is 6.04. The minimum atomic E-state index is 0.776. The van der Waals surface area contributed by atoms with Crippen LogP contribution in [0.4, 0.5) is 0 Å². The molecule has 6 heteroatoms. The summed E-state index contributed by atoms with van der Waals surface area (Å²) in [5.41, 5.74) is 2.45. The molecule has 2 rings (SSSR count). The van der Waals surface area contributed by atoms with Gasteiger partial charge >= 0.3 is 0 Å². The molecular weight excluding hydrogens is 330 g/mol. The Morgan fingerprint density at radius 2 is 1.96 bits per heavy atom. The van der Waals surface area contributed by atoms with Gasteiger partial charge in [-0.15, -0.1) is 11.3 Å². The van der Waals surface area contributed by atoms with Gasteiger partial charge in [0.15, 0.2) is 5.96 Å². The summed E-state index contributed by atoms with van der Waals surface area (Å²) in [6.45, 7) is 5.75. The van der Waals surface area contributed by atoms with Gasteiger partial charge in [0, 0.05) is 32.6 Å². The number of nitrogens with one attached hydrogen (secondary N) is 1. The first-order valence-corrected chi connectivity index (χ1v) is 9.51. The third-order valence-electron chi connectivity index (χ3n) is 3.93. The molecule has 0 saturated carbocycles. The van der Waals surface area contributed by atoms with E-state index in [1.54, 1.807) is 11.3 Å². The van der Waals surface area contributed by atoms with Crippen LogP contribution in [-0.4, -0.2) is 55.0 Å². The Kier molecular flexibility index (Phi) is 7.88. The van der Waals surface area contributed by atoms with Gasteiger partial charge in [-0.1, -0.05) is 30.3 Å². The van der Waals surface area contributed by atoms with Crippen molar-refractivity contribution in [3.63, 3.8) is 0 Å². The van der Waals surface area contributed by atoms with Crippen molar-refractivity contribution in [3.05, 3.63) is 52.0 Å². The number of aliphatic imine (C=N–C) groups is 1. The summed E-state index contributed by atoms with van der Waals surface area (Å²) in [5.74, 6) is 0.913. The molecule has 0 atom stereocenters. The molecule has 0 bridgehead atoms. The lowest BCUT2D eigenvalue weighted by molar-refractivity contribution is 0.321. The van der Waals surface area contributed by atoms with Gasteiger partial charge in [0.1, 0.15) is 0 Å². The number of aromatic nitrogens is 1. The zero-order valence-corrected chi connectivity index (χ0v) is 16.5. The summed E-state index contributed by atoms with van der Waals surface area (Å²) in [4.78, 5) is 13.3. The molecule has 5 nitrogen and oxygen atoms in total. The first kappa shape index (κ1) is 19.4. The van der Waals surface area contributed by atoms with E-state index in [0.29, 0.717) is 0 Å². The second-order valence-corrected chi connectivity index (χ2v) is 7.33. The molecule has 1 aromatic heterocycles. The highest BCUT2D eigenvalue weighted by molar-refractivity contribution is 7.09. The first-order valence-electron chi connectivity index (χ1n) is 8.63. The van der Waals surface area contributed by atoms with Gasteiger partial charge in [0.2, 0.25) is 0 Å². The molecular formula is C19H29N5S. The summed E-state index contributed by atoms with van der Waals surface area (Å²) in [5, 5.41) is 6.65. The number of thiazole rings is 1. The van der Waals surface area contributed by atoms with Crippen LogP contribution in [0.5, 0.6) is 0 Å². The molecule has 2 aromatic rings. The summed E-state index contributed by atoms with van der Waals surface area (Å²) < 4.78 is 0. The van der Waals surface area contributed by atoms with Crippen molar-refractivity contribution in [2.45, 2.75) is 26.4 Å². The predicted octanol–water partition coefficient (Wildman–Crippen LogP) is 2.98. The van der Waals surface area contributed by atoms with E-state index in [1.165, 1.54) is 5.56 Å². The Morgan fingerprint density at radius 3 is 2.60 bits per heavy atom. The molecule has 0 radical (unpaired) electrons. The van der Waals surface area contributed by atoms with Crippen molar-refractivity contribution in [1.82, 2.24) is 20.1 Å². The topological polar surface area (TPSA) is 43.8 Å². The molecule has 0 unspecified atom stereocenters. The second-order valence-electron chi connectivity index (χ2n) is 6.26. The number of nitrogens with zero attached hydrogens (tertiary/aromatic N) is 4. The quantitative estimate of drug-likeness (QED) is 0.447. The van der Waals surface area contributed by atoms with Crippen LogP contribution in [-0.2, 0) is 13.1 Å². The van der Waals surface area contributed by atoms with Gasteiger partial charge in [-0.25, -0.2) is 4.98 Å². The van der Waals surface area contributed by atoms with Crippen LogP contribution in [0.25, 0.3) is 0 Å². The third kappa shape index (κ3) is 6.84. The number of hydrogen-bond acceptors (Lipinski definition) is 4. The first-order chi connectivity index (χ1) is 12.1. The van der Waals surface area contributed by atoms with E-state index in [-0.39, 0.29) is 0 Å². The Labute approximate surface area is 155 Å². The summed E-state index contributed by atoms with van der Waals surface area (Å²) >= 11 is 1.69. The second kappa shape index (κ2) is 10.2. The Balaban J connectivity index is 1.68. The van der Waals surface area contributed by atoms with Crippen molar-refractivity contribution in [2.24, 2.45) is 4.99 Å². The van der Waals surface area contributed by atoms with E-state index in [0.717, 1.165) is 49.3 Å². The van der Waals surface area contributed by atoms with Crippen molar-refractivity contribution >= 4 is 17.3 Å². The van der Waals surface area contributed by atoms with Crippen molar-refractivity contribution in [3.8, 4) is 0 Å². The molecule has 0 saturated heterocycles. The van der Waals surface area contributed by atoms with Gasteiger partial charge in [-0.2, -0.15) is 0 Å². The van der Waals surface area contributed by atoms with Crippen molar-refractivity contribution < 1.29 is 0 Å². The molecule has 0 amide bonds. The molecule has 136 valence electrons. The van der Waals surface area contributed by atoms with Crippen LogP contribution in [0.15, 0.2) is 40.7 Å². The Morgan fingerprint density at radius 1 is 1.20 bits per heavy atom. The van der Waals surface area contributed by atoms with Crippen LogP contribution in [0.1, 0.15) is 22.7 Å². The van der Waals surface area contributed by atoms with E-state index < -0.39 is 0 Å². The lowest BCUT2D eigenvalue weighted by atomic mass is 10.2. The number of aryl methyl sites for hydroxylation is 1. The van der Waals surface area contributed by atoms with Crippen molar-refractivity contribution in [2.75, 3.05) is 34.2 Å². The highest BCUT2D eigenvalue weighted by atomic mass is 32.1. The number of rotatable bonds is 8. The van der Waals surface area contributed by atoms with E-state index in [2.05, 4.69) is 67.9 Å². The normalized spacial score (nSPS) is 11.8. The molecule has 25 heavy (non-hydrogen) atoms. The van der Waals surface area contributed by atoms with E-state index in [1.807, 2.05) is 21.0 Å². The average molecular weight is 360 g/mol. The largest absolute Gasteiger partial charge is 0.356 e. The van der Waals surface area contributed by atoms with E-state index in [4.69, 9.17) is 0 Å². The molecule has 0 fully saturated rings. The van der Waals surface area contributed by atoms with Crippen LogP contribution in [0.3, 0.4) is 0 Å². The Bertz CT molecular complexity index is 653. The molecule has 1 aromatic carbocycles. The van der Waals surface area contributed by atoms with Gasteiger partial charge in [-0.05, 0) is 32.5 Å². The fraction of sp³-hybridized carbons (Fsp3) is 0.474. The zero-order chi connectivity index (χ0) is 18.1. The highest BCUT2D eigenvalue weighted by Crippen LogP contribution is 2.09. The van der Waals surface area contributed by atoms with Crippen LogP contribution >= 0.6 is 11.3 Å². The molecule has 0 aliphatic heterocycles. The standard InChI is InChI=1S/C19H29N5S/c1-16-22-18(15-25-16)14-24(4)19(20-2)21-11-8-12-23(3)13-17-9-6-5-7-10-17/h5-7,9-10,15H,8,11-14H2,1-4H3,(H,20,21). The molecule has 0 spiro atoms. The van der Waals surface area contributed by atoms with Gasteiger partial charge in [-0.3, -0.25) is 4.99 Å². The van der Waals surface area contributed by atoms with Crippen LogP contribution in [0.2, 0.25) is 0 Å². The zero-order valence-electron chi connectivity index (χ0n) is 15.7. The highest BCUT2D eigenvalue weighted by Gasteiger charge is 2.08. The number of guanidine groups is 1. The number of benzene rings is 1. The molecule has 1 N–H and O–H groups in total. The van der Waals surface area contributed by atoms with Crippen LogP contribution in [0, 0.1) is 6.92 Å². The third-order valence-corrected chi connectivity index (χ3v) is 4.76. The fourth-order valence-electron chi connectivity index (χ4n) is 2.71. The maximum absolute atomic E-state index is 4.51. The maximum Gasteiger partial charge on any atom is 0.193 e. The lowest BCUT2D eigenvalue weighted by Crippen LogP contribution is -2.39. The lowest BCUT2D eigenvalue weighted by Gasteiger charge is -2.22. The summed E-state index contributed by atoms with van der Waals surface area (Å²) in [6, 6.07) is 10.6. The van der Waals surface area contributed by atoms with Crippen molar-refractivity contribution in [1.29, 1.82) is 0 Å². The molecule has 0 aliphatic rings. The number of hydrogen-bond donors (Lipinski definition) is 1. The smallest absolute Gasteiger partial charge is 0.193 e.